The van der Waals surface area contributed by atoms with Crippen LogP contribution in [0.2, 0.25) is 18.1 Å². The molecule has 0 aliphatic rings. The average Bonchev–Trinajstić information content (AvgIpc) is 2.34. The third-order valence-corrected chi connectivity index (χ3v) is 9.12. The van der Waals surface area contributed by atoms with Gasteiger partial charge in [-0.25, -0.2) is 0 Å². The predicted molar refractivity (Wildman–Crippen MR) is 94.5 cm³/mol. The van der Waals surface area contributed by atoms with Crippen LogP contribution in [0.25, 0.3) is 0 Å². The molecule has 21 heavy (non-hydrogen) atoms. The number of ether oxygens (including phenoxy) is 1. The Balaban J connectivity index is 2.52. The van der Waals surface area contributed by atoms with E-state index in [1.54, 1.807) is 6.07 Å². The molecule has 5 nitrogen and oxygen atoms in total. The van der Waals surface area contributed by atoms with Gasteiger partial charge in [0, 0.05) is 12.1 Å². The zero-order chi connectivity index (χ0) is 16.3. The summed E-state index contributed by atoms with van der Waals surface area (Å²) in [5.74, 6) is 0.653. The summed E-state index contributed by atoms with van der Waals surface area (Å²) in [5, 5.41) is 10.9. The van der Waals surface area contributed by atoms with Crippen molar-refractivity contribution in [3.63, 3.8) is 0 Å². The second-order valence-electron chi connectivity index (χ2n) is 6.33. The van der Waals surface area contributed by atoms with E-state index in [4.69, 9.17) is 9.16 Å². The fourth-order valence-corrected chi connectivity index (χ4v) is 3.07. The molecule has 0 aromatic heterocycles. The van der Waals surface area contributed by atoms with Gasteiger partial charge in [-0.3, -0.25) is 10.1 Å². The zero-order valence-electron chi connectivity index (χ0n) is 13.1. The summed E-state index contributed by atoms with van der Waals surface area (Å²) in [7, 11) is -1.75. The highest BCUT2D eigenvalue weighted by Crippen LogP contribution is 2.36. The first-order valence-electron chi connectivity index (χ1n) is 6.75. The van der Waals surface area contributed by atoms with Gasteiger partial charge in [0.15, 0.2) is 8.32 Å². The van der Waals surface area contributed by atoms with Crippen molar-refractivity contribution >= 4 is 36.6 Å². The third-order valence-electron chi connectivity index (χ3n) is 3.74. The topological polar surface area (TPSA) is 61.6 Å². The van der Waals surface area contributed by atoms with E-state index in [2.05, 4.69) is 33.9 Å². The molecule has 1 aromatic carbocycles. The molecule has 118 valence electrons. The van der Waals surface area contributed by atoms with E-state index < -0.39 is 13.2 Å². The van der Waals surface area contributed by atoms with Crippen LogP contribution in [0.1, 0.15) is 20.8 Å². The molecule has 0 saturated heterocycles. The molecule has 0 aliphatic heterocycles. The van der Waals surface area contributed by atoms with Gasteiger partial charge >= 0.3 is 0 Å². The minimum Gasteiger partial charge on any atom is -0.490 e. The minimum atomic E-state index is -1.75. The smallest absolute Gasteiger partial charge is 0.270 e. The maximum absolute atomic E-state index is 10.7. The second kappa shape index (κ2) is 7.06. The molecular weight excluding hydrogens is 401 g/mol. The molecule has 0 spiro atoms. The standard InChI is InChI=1S/C14H22INO4Si/c1-14(2,3)21(4,5)20-9-8-19-13-7-6-11(16(17)18)10-12(13)15/h6-7,10H,8-9H2,1-5H3. The van der Waals surface area contributed by atoms with E-state index in [9.17, 15) is 10.1 Å². The monoisotopic (exact) mass is 423 g/mol. The van der Waals surface area contributed by atoms with E-state index in [1.807, 2.05) is 22.6 Å². The minimum absolute atomic E-state index is 0.0734. The van der Waals surface area contributed by atoms with Crippen molar-refractivity contribution in [1.82, 2.24) is 0 Å². The van der Waals surface area contributed by atoms with Crippen LogP contribution < -0.4 is 4.74 Å². The van der Waals surface area contributed by atoms with Crippen molar-refractivity contribution in [2.45, 2.75) is 38.9 Å². The third kappa shape index (κ3) is 5.22. The van der Waals surface area contributed by atoms with Gasteiger partial charge < -0.3 is 9.16 Å². The number of nitro benzene ring substituents is 1. The zero-order valence-corrected chi connectivity index (χ0v) is 16.3. The molecule has 7 heteroatoms. The lowest BCUT2D eigenvalue weighted by molar-refractivity contribution is -0.385. The summed E-state index contributed by atoms with van der Waals surface area (Å²) in [6, 6.07) is 4.59. The molecule has 0 amide bonds. The highest BCUT2D eigenvalue weighted by Gasteiger charge is 2.36. The summed E-state index contributed by atoms with van der Waals surface area (Å²) >= 11 is 2.04. The quantitative estimate of drug-likeness (QED) is 0.221. The summed E-state index contributed by atoms with van der Waals surface area (Å²) in [6.07, 6.45) is 0. The number of halogens is 1. The van der Waals surface area contributed by atoms with Crippen LogP contribution >= 0.6 is 22.6 Å². The van der Waals surface area contributed by atoms with Gasteiger partial charge in [-0.15, -0.1) is 0 Å². The normalized spacial score (nSPS) is 12.3. The van der Waals surface area contributed by atoms with E-state index in [0.29, 0.717) is 19.0 Å². The Morgan fingerprint density at radius 2 is 1.90 bits per heavy atom. The SMILES string of the molecule is CC(C)(C)[Si](C)(C)OCCOc1ccc([N+](=O)[O-])cc1I. The molecule has 0 atom stereocenters. The lowest BCUT2D eigenvalue weighted by Crippen LogP contribution is -2.41. The highest BCUT2D eigenvalue weighted by molar-refractivity contribution is 14.1. The first kappa shape index (κ1) is 18.4. The van der Waals surface area contributed by atoms with Crippen LogP contribution in [0.4, 0.5) is 5.69 Å². The summed E-state index contributed by atoms with van der Waals surface area (Å²) in [6.45, 7) is 12.0. The van der Waals surface area contributed by atoms with E-state index in [0.717, 1.165) is 3.57 Å². The van der Waals surface area contributed by atoms with Crippen molar-refractivity contribution in [1.29, 1.82) is 0 Å². The lowest BCUT2D eigenvalue weighted by Gasteiger charge is -2.36. The lowest BCUT2D eigenvalue weighted by atomic mass is 10.2. The van der Waals surface area contributed by atoms with E-state index >= 15 is 0 Å². The Kier molecular flexibility index (Phi) is 6.18. The van der Waals surface area contributed by atoms with Crippen LogP contribution in [0.15, 0.2) is 18.2 Å². The molecule has 1 rings (SSSR count). The van der Waals surface area contributed by atoms with Crippen molar-refractivity contribution in [3.05, 3.63) is 31.9 Å². The number of non-ortho nitro benzene ring substituents is 1. The highest BCUT2D eigenvalue weighted by atomic mass is 127. The molecule has 0 radical (unpaired) electrons. The number of nitrogens with zero attached hydrogens (tertiary/aromatic N) is 1. The van der Waals surface area contributed by atoms with E-state index in [1.165, 1.54) is 12.1 Å². The number of rotatable bonds is 6. The molecule has 0 bridgehead atoms. The number of hydrogen-bond donors (Lipinski definition) is 0. The van der Waals surface area contributed by atoms with Crippen LogP contribution in [0.5, 0.6) is 5.75 Å². The molecule has 0 heterocycles. The number of nitro groups is 1. The molecular formula is C14H22INO4Si. The van der Waals surface area contributed by atoms with Crippen molar-refractivity contribution in [2.75, 3.05) is 13.2 Å². The second-order valence-corrected chi connectivity index (χ2v) is 12.3. The first-order valence-corrected chi connectivity index (χ1v) is 10.7. The Hall–Kier alpha value is -0.673. The van der Waals surface area contributed by atoms with Gasteiger partial charge in [0.1, 0.15) is 12.4 Å². The Bertz CT molecular complexity index is 514. The molecule has 0 N–H and O–H groups in total. The summed E-state index contributed by atoms with van der Waals surface area (Å²) in [5.41, 5.74) is 0.0734. The van der Waals surface area contributed by atoms with Gasteiger partial charge in [0.25, 0.3) is 5.69 Å². The first-order chi connectivity index (χ1) is 9.54. The largest absolute Gasteiger partial charge is 0.490 e. The summed E-state index contributed by atoms with van der Waals surface area (Å²) < 4.78 is 12.4. The van der Waals surface area contributed by atoms with Crippen molar-refractivity contribution < 1.29 is 14.1 Å². The molecule has 0 saturated carbocycles. The molecule has 0 aliphatic carbocycles. The van der Waals surface area contributed by atoms with Gasteiger partial charge in [0.2, 0.25) is 0 Å². The maximum Gasteiger partial charge on any atom is 0.270 e. The number of hydrogen-bond acceptors (Lipinski definition) is 4. The van der Waals surface area contributed by atoms with Crippen LogP contribution in [0.3, 0.4) is 0 Å². The van der Waals surface area contributed by atoms with Gasteiger partial charge in [-0.05, 0) is 46.8 Å². The van der Waals surface area contributed by atoms with Crippen LogP contribution in [-0.2, 0) is 4.43 Å². The fraction of sp³-hybridized carbons (Fsp3) is 0.571. The number of benzene rings is 1. The van der Waals surface area contributed by atoms with Crippen molar-refractivity contribution in [2.24, 2.45) is 0 Å². The van der Waals surface area contributed by atoms with E-state index in [-0.39, 0.29) is 10.7 Å². The van der Waals surface area contributed by atoms with Crippen LogP contribution in [0, 0.1) is 13.7 Å². The Morgan fingerprint density at radius 3 is 2.38 bits per heavy atom. The summed E-state index contributed by atoms with van der Waals surface area (Å²) in [4.78, 5) is 10.3. The van der Waals surface area contributed by atoms with Crippen LogP contribution in [-0.4, -0.2) is 26.5 Å². The Labute approximate surface area is 140 Å². The van der Waals surface area contributed by atoms with Gasteiger partial charge in [-0.1, -0.05) is 20.8 Å². The molecule has 0 fully saturated rings. The maximum atomic E-state index is 10.7. The molecule has 1 aromatic rings. The molecule has 0 unspecified atom stereocenters. The Morgan fingerprint density at radius 1 is 1.29 bits per heavy atom. The average molecular weight is 423 g/mol. The fourth-order valence-electron chi connectivity index (χ4n) is 1.39. The predicted octanol–water partition coefficient (Wildman–Crippen LogP) is 4.60. The van der Waals surface area contributed by atoms with Crippen molar-refractivity contribution in [3.8, 4) is 5.75 Å². The van der Waals surface area contributed by atoms with Gasteiger partial charge in [-0.2, -0.15) is 0 Å². The van der Waals surface area contributed by atoms with Gasteiger partial charge in [0.05, 0.1) is 15.1 Å².